The number of hydrogen-bond acceptors (Lipinski definition) is 7. The number of piperidine rings is 1. The Morgan fingerprint density at radius 1 is 1.22 bits per heavy atom. The van der Waals surface area contributed by atoms with Crippen molar-refractivity contribution in [3.63, 3.8) is 0 Å². The normalized spacial score (nSPS) is 15.6. The number of carbonyl (C=O) groups excluding carboxylic acids is 1. The zero-order valence-electron chi connectivity index (χ0n) is 19.7. The molecule has 9 nitrogen and oxygen atoms in total. The maximum absolute atomic E-state index is 12.3. The van der Waals surface area contributed by atoms with Crippen LogP contribution in [0, 0.1) is 0 Å². The van der Waals surface area contributed by atoms with E-state index in [-0.39, 0.29) is 6.61 Å². The lowest BCUT2D eigenvalue weighted by atomic mass is 9.89. The van der Waals surface area contributed by atoms with Crippen LogP contribution in [0.2, 0.25) is 10.0 Å². The molecule has 0 amide bonds. The SMILES string of the molecule is C=Nc1c(N=C(C)N2CCC(CO)(NOC(=O)c3ccccc3)CC2)n[nH]c1-c1cccc(Cl)c1Cl. The number of hydroxylamine groups is 1. The lowest BCUT2D eigenvalue weighted by Gasteiger charge is -2.40. The Labute approximate surface area is 218 Å². The highest BCUT2D eigenvalue weighted by atomic mass is 35.5. The van der Waals surface area contributed by atoms with Crippen LogP contribution in [0.4, 0.5) is 11.5 Å². The molecule has 1 saturated heterocycles. The summed E-state index contributed by atoms with van der Waals surface area (Å²) < 4.78 is 0. The van der Waals surface area contributed by atoms with E-state index in [1.165, 1.54) is 0 Å². The summed E-state index contributed by atoms with van der Waals surface area (Å²) in [5, 5.41) is 18.1. The molecule has 0 atom stereocenters. The van der Waals surface area contributed by atoms with Crippen molar-refractivity contribution >= 4 is 53.2 Å². The third-order valence-electron chi connectivity index (χ3n) is 6.22. The fraction of sp³-hybridized carbons (Fsp3) is 0.280. The average Bonchev–Trinajstić information content (AvgIpc) is 3.31. The predicted octanol–water partition coefficient (Wildman–Crippen LogP) is 4.95. The topological polar surface area (TPSA) is 115 Å². The number of H-pyrrole nitrogens is 1. The number of likely N-dealkylation sites (tertiary alicyclic amines) is 1. The summed E-state index contributed by atoms with van der Waals surface area (Å²) in [6.07, 6.45) is 1.07. The minimum Gasteiger partial charge on any atom is -0.394 e. The van der Waals surface area contributed by atoms with Crippen LogP contribution < -0.4 is 5.48 Å². The zero-order chi connectivity index (χ0) is 25.7. The van der Waals surface area contributed by atoms with Crippen LogP contribution in [0.5, 0.6) is 0 Å². The fourth-order valence-corrected chi connectivity index (χ4v) is 4.40. The number of benzene rings is 2. The molecule has 0 radical (unpaired) electrons. The third kappa shape index (κ3) is 5.44. The molecule has 1 aliphatic heterocycles. The third-order valence-corrected chi connectivity index (χ3v) is 7.04. The fourth-order valence-electron chi connectivity index (χ4n) is 4.00. The summed E-state index contributed by atoms with van der Waals surface area (Å²) in [6.45, 7) is 6.53. The van der Waals surface area contributed by atoms with E-state index in [4.69, 9.17) is 28.0 Å². The number of aliphatic imine (C=N–C) groups is 2. The molecule has 0 spiro atoms. The number of aromatic amines is 1. The molecule has 11 heteroatoms. The second-order valence-electron chi connectivity index (χ2n) is 8.47. The van der Waals surface area contributed by atoms with E-state index in [1.807, 2.05) is 19.1 Å². The van der Waals surface area contributed by atoms with Crippen molar-refractivity contribution in [3.8, 4) is 11.3 Å². The monoisotopic (exact) mass is 528 g/mol. The lowest BCUT2D eigenvalue weighted by Crippen LogP contribution is -2.56. The van der Waals surface area contributed by atoms with E-state index < -0.39 is 11.5 Å². The molecular formula is C25H26Cl2N6O3. The van der Waals surface area contributed by atoms with Gasteiger partial charge in [0, 0.05) is 18.7 Å². The van der Waals surface area contributed by atoms with Crippen LogP contribution in [0.25, 0.3) is 11.3 Å². The van der Waals surface area contributed by atoms with Gasteiger partial charge in [0.1, 0.15) is 11.5 Å². The van der Waals surface area contributed by atoms with E-state index in [2.05, 4.69) is 37.3 Å². The van der Waals surface area contributed by atoms with Gasteiger partial charge < -0.3 is 14.8 Å². The van der Waals surface area contributed by atoms with Crippen molar-refractivity contribution in [1.29, 1.82) is 0 Å². The number of hydrogen-bond donors (Lipinski definition) is 3. The zero-order valence-corrected chi connectivity index (χ0v) is 21.2. The van der Waals surface area contributed by atoms with Gasteiger partial charge >= 0.3 is 5.97 Å². The molecule has 3 N–H and O–H groups in total. The predicted molar refractivity (Wildman–Crippen MR) is 142 cm³/mol. The molecule has 2 aromatic carbocycles. The Balaban J connectivity index is 1.44. The number of aliphatic hydroxyl groups excluding tert-OH is 1. The first-order valence-electron chi connectivity index (χ1n) is 11.3. The molecule has 0 aliphatic carbocycles. The largest absolute Gasteiger partial charge is 0.394 e. The molecule has 1 aromatic heterocycles. The van der Waals surface area contributed by atoms with Crippen molar-refractivity contribution in [2.75, 3.05) is 19.7 Å². The number of rotatable bonds is 7. The van der Waals surface area contributed by atoms with Gasteiger partial charge in [0.05, 0.1) is 33.4 Å². The van der Waals surface area contributed by atoms with Gasteiger partial charge in [-0.15, -0.1) is 5.48 Å². The standard InChI is InChI=1S/C25H26Cl2N6O3/c1-16(29-23-22(28-2)21(30-31-23)18-9-6-10-19(26)20(18)27)33-13-11-25(15-34,12-14-33)32-36-24(35)17-7-4-3-5-8-17/h3-10,32,34H,2,11-15H2,1H3,(H,30,31). The highest BCUT2D eigenvalue weighted by molar-refractivity contribution is 6.43. The van der Waals surface area contributed by atoms with Gasteiger partial charge in [-0.2, -0.15) is 5.10 Å². The molecule has 1 fully saturated rings. The maximum Gasteiger partial charge on any atom is 0.356 e. The second kappa shape index (κ2) is 11.2. The smallest absolute Gasteiger partial charge is 0.356 e. The first-order valence-corrected chi connectivity index (χ1v) is 12.1. The van der Waals surface area contributed by atoms with Crippen molar-refractivity contribution in [2.45, 2.75) is 25.3 Å². The van der Waals surface area contributed by atoms with Gasteiger partial charge in [-0.05, 0) is 44.7 Å². The highest BCUT2D eigenvalue weighted by Gasteiger charge is 2.36. The molecule has 1 aliphatic rings. The molecule has 4 rings (SSSR count). The average molecular weight is 529 g/mol. The van der Waals surface area contributed by atoms with Crippen LogP contribution in [0.3, 0.4) is 0 Å². The first kappa shape index (κ1) is 25.8. The van der Waals surface area contributed by atoms with E-state index in [9.17, 15) is 9.90 Å². The van der Waals surface area contributed by atoms with Crippen molar-refractivity contribution in [1.82, 2.24) is 20.6 Å². The van der Waals surface area contributed by atoms with Gasteiger partial charge in [-0.25, -0.2) is 9.79 Å². The summed E-state index contributed by atoms with van der Waals surface area (Å²) in [5.74, 6) is 0.604. The van der Waals surface area contributed by atoms with Crippen LogP contribution in [-0.2, 0) is 4.84 Å². The first-order chi connectivity index (χ1) is 17.4. The highest BCUT2D eigenvalue weighted by Crippen LogP contribution is 2.41. The summed E-state index contributed by atoms with van der Waals surface area (Å²) in [4.78, 5) is 28.4. The van der Waals surface area contributed by atoms with Crippen LogP contribution in [0.1, 0.15) is 30.1 Å². The van der Waals surface area contributed by atoms with Crippen LogP contribution in [-0.4, -0.2) is 64.0 Å². The summed E-state index contributed by atoms with van der Waals surface area (Å²) in [5.41, 5.74) is 4.20. The number of aromatic nitrogens is 2. The Morgan fingerprint density at radius 2 is 1.94 bits per heavy atom. The Bertz CT molecular complexity index is 1270. The molecule has 2 heterocycles. The van der Waals surface area contributed by atoms with Crippen LogP contribution >= 0.6 is 23.2 Å². The van der Waals surface area contributed by atoms with E-state index >= 15 is 0 Å². The van der Waals surface area contributed by atoms with Gasteiger partial charge in [0.2, 0.25) is 5.82 Å². The number of amidine groups is 1. The van der Waals surface area contributed by atoms with Gasteiger partial charge in [0.15, 0.2) is 0 Å². The summed E-state index contributed by atoms with van der Waals surface area (Å²) in [7, 11) is 0. The Morgan fingerprint density at radius 3 is 2.61 bits per heavy atom. The van der Waals surface area contributed by atoms with Crippen molar-refractivity contribution in [2.24, 2.45) is 9.98 Å². The Kier molecular flexibility index (Phi) is 8.05. The summed E-state index contributed by atoms with van der Waals surface area (Å²) >= 11 is 12.5. The quantitative estimate of drug-likeness (QED) is 0.227. The van der Waals surface area contributed by atoms with Gasteiger partial charge in [-0.3, -0.25) is 10.1 Å². The molecule has 36 heavy (non-hydrogen) atoms. The number of halogens is 2. The molecule has 188 valence electrons. The van der Waals surface area contributed by atoms with Gasteiger partial charge in [0.25, 0.3) is 0 Å². The van der Waals surface area contributed by atoms with Crippen LogP contribution in [0.15, 0.2) is 58.5 Å². The maximum atomic E-state index is 12.3. The van der Waals surface area contributed by atoms with E-state index in [0.29, 0.717) is 64.3 Å². The van der Waals surface area contributed by atoms with Crippen molar-refractivity contribution in [3.05, 3.63) is 64.1 Å². The number of aliphatic hydroxyl groups is 1. The molecular weight excluding hydrogens is 503 g/mol. The van der Waals surface area contributed by atoms with E-state index in [1.54, 1.807) is 36.4 Å². The number of carbonyl (C=O) groups is 1. The second-order valence-corrected chi connectivity index (χ2v) is 9.26. The van der Waals surface area contributed by atoms with E-state index in [0.717, 1.165) is 5.84 Å². The molecule has 0 unspecified atom stereocenters. The summed E-state index contributed by atoms with van der Waals surface area (Å²) in [6, 6.07) is 14.0. The number of nitrogens with zero attached hydrogens (tertiary/aromatic N) is 4. The molecule has 0 bridgehead atoms. The minimum atomic E-state index is -0.738. The lowest BCUT2D eigenvalue weighted by molar-refractivity contribution is -0.0367. The van der Waals surface area contributed by atoms with Crippen molar-refractivity contribution < 1.29 is 14.7 Å². The van der Waals surface area contributed by atoms with Gasteiger partial charge in [-0.1, -0.05) is 53.5 Å². The Hall–Kier alpha value is -3.24. The minimum absolute atomic E-state index is 0.174. The number of nitrogens with one attached hydrogen (secondary N) is 2. The molecule has 3 aromatic rings. The molecule has 0 saturated carbocycles.